The lowest BCUT2D eigenvalue weighted by atomic mass is 10.1. The molecule has 3 nitrogen and oxygen atoms in total. The molecule has 0 fully saturated rings. The molecular formula is C15H14BrNO2. The highest BCUT2D eigenvalue weighted by molar-refractivity contribution is 9.10. The predicted molar refractivity (Wildman–Crippen MR) is 78.1 cm³/mol. The molecule has 0 saturated heterocycles. The quantitative estimate of drug-likeness (QED) is 0.907. The largest absolute Gasteiger partial charge is 0.508 e. The van der Waals surface area contributed by atoms with Crippen LogP contribution in [0.2, 0.25) is 0 Å². The minimum absolute atomic E-state index is 0.136. The number of hydrogen-bond donors (Lipinski definition) is 2. The number of carbonyl (C=O) groups excluding carboxylic acids is 1. The molecule has 0 aromatic heterocycles. The van der Waals surface area contributed by atoms with Crippen LogP contribution in [-0.2, 0) is 0 Å². The number of carbonyl (C=O) groups is 1. The van der Waals surface area contributed by atoms with Gasteiger partial charge in [-0.1, -0.05) is 28.1 Å². The van der Waals surface area contributed by atoms with Gasteiger partial charge in [0.1, 0.15) is 5.75 Å². The van der Waals surface area contributed by atoms with Crippen LogP contribution in [0, 0.1) is 0 Å². The summed E-state index contributed by atoms with van der Waals surface area (Å²) >= 11 is 3.33. The van der Waals surface area contributed by atoms with Crippen LogP contribution in [0.25, 0.3) is 0 Å². The number of rotatable bonds is 3. The van der Waals surface area contributed by atoms with Crippen molar-refractivity contribution in [3.8, 4) is 5.75 Å². The number of halogens is 1. The first kappa shape index (κ1) is 13.6. The molecule has 0 aliphatic carbocycles. The molecule has 0 bridgehead atoms. The van der Waals surface area contributed by atoms with Crippen molar-refractivity contribution in [1.82, 2.24) is 5.32 Å². The van der Waals surface area contributed by atoms with Gasteiger partial charge in [0.05, 0.1) is 6.04 Å². The highest BCUT2D eigenvalue weighted by Crippen LogP contribution is 2.18. The molecule has 2 N–H and O–H groups in total. The molecule has 1 unspecified atom stereocenters. The zero-order valence-corrected chi connectivity index (χ0v) is 12.0. The monoisotopic (exact) mass is 319 g/mol. The van der Waals surface area contributed by atoms with Crippen molar-refractivity contribution in [2.75, 3.05) is 0 Å². The van der Waals surface area contributed by atoms with Gasteiger partial charge in [0.2, 0.25) is 0 Å². The summed E-state index contributed by atoms with van der Waals surface area (Å²) in [4.78, 5) is 12.0. The molecular weight excluding hydrogens is 306 g/mol. The highest BCUT2D eigenvalue weighted by atomic mass is 79.9. The summed E-state index contributed by atoms with van der Waals surface area (Å²) in [6.45, 7) is 1.88. The summed E-state index contributed by atoms with van der Waals surface area (Å²) in [6.07, 6.45) is 0. The fourth-order valence-electron chi connectivity index (χ4n) is 1.76. The van der Waals surface area contributed by atoms with Crippen LogP contribution in [0.3, 0.4) is 0 Å². The normalized spacial score (nSPS) is 11.9. The van der Waals surface area contributed by atoms with E-state index in [0.717, 1.165) is 10.0 Å². The number of hydrogen-bond acceptors (Lipinski definition) is 2. The van der Waals surface area contributed by atoms with Crippen LogP contribution in [-0.4, -0.2) is 11.0 Å². The Kier molecular flexibility index (Phi) is 4.22. The van der Waals surface area contributed by atoms with Crippen molar-refractivity contribution in [3.05, 3.63) is 64.1 Å². The van der Waals surface area contributed by atoms with Gasteiger partial charge in [-0.3, -0.25) is 4.79 Å². The van der Waals surface area contributed by atoms with Crippen LogP contribution < -0.4 is 5.32 Å². The van der Waals surface area contributed by atoms with E-state index in [1.807, 2.05) is 25.1 Å². The van der Waals surface area contributed by atoms with Crippen molar-refractivity contribution in [3.63, 3.8) is 0 Å². The highest BCUT2D eigenvalue weighted by Gasteiger charge is 2.11. The van der Waals surface area contributed by atoms with Crippen molar-refractivity contribution in [2.24, 2.45) is 0 Å². The maximum Gasteiger partial charge on any atom is 0.251 e. The number of benzene rings is 2. The summed E-state index contributed by atoms with van der Waals surface area (Å²) in [5.74, 6) is 0.0607. The van der Waals surface area contributed by atoms with Crippen LogP contribution >= 0.6 is 15.9 Å². The summed E-state index contributed by atoms with van der Waals surface area (Å²) in [5.41, 5.74) is 1.47. The third kappa shape index (κ3) is 3.58. The van der Waals surface area contributed by atoms with Gasteiger partial charge in [-0.25, -0.2) is 0 Å². The third-order valence-corrected chi connectivity index (χ3v) is 3.35. The SMILES string of the molecule is CC(NC(=O)c1ccc(Br)cc1)c1cccc(O)c1. The summed E-state index contributed by atoms with van der Waals surface area (Å²) in [5, 5.41) is 12.3. The summed E-state index contributed by atoms with van der Waals surface area (Å²) in [6, 6.07) is 13.9. The van der Waals surface area contributed by atoms with E-state index < -0.39 is 0 Å². The summed E-state index contributed by atoms with van der Waals surface area (Å²) in [7, 11) is 0. The van der Waals surface area contributed by atoms with E-state index in [-0.39, 0.29) is 17.7 Å². The number of nitrogens with one attached hydrogen (secondary N) is 1. The van der Waals surface area contributed by atoms with Gasteiger partial charge >= 0.3 is 0 Å². The van der Waals surface area contributed by atoms with Gasteiger partial charge < -0.3 is 10.4 Å². The minimum atomic E-state index is -0.164. The first-order chi connectivity index (χ1) is 9.06. The number of aromatic hydroxyl groups is 1. The Morgan fingerprint density at radius 2 is 1.89 bits per heavy atom. The molecule has 1 amide bonds. The first-order valence-corrected chi connectivity index (χ1v) is 6.71. The van der Waals surface area contributed by atoms with E-state index in [2.05, 4.69) is 21.2 Å². The molecule has 4 heteroatoms. The van der Waals surface area contributed by atoms with Crippen molar-refractivity contribution < 1.29 is 9.90 Å². The fourth-order valence-corrected chi connectivity index (χ4v) is 2.02. The van der Waals surface area contributed by atoms with Crippen molar-refractivity contribution in [1.29, 1.82) is 0 Å². The van der Waals surface area contributed by atoms with E-state index in [1.165, 1.54) is 0 Å². The Hall–Kier alpha value is -1.81. The second-order valence-electron chi connectivity index (χ2n) is 4.30. The Balaban J connectivity index is 2.08. The number of phenols is 1. The minimum Gasteiger partial charge on any atom is -0.508 e. The lowest BCUT2D eigenvalue weighted by molar-refractivity contribution is 0.0940. The molecule has 98 valence electrons. The van der Waals surface area contributed by atoms with E-state index >= 15 is 0 Å². The average Bonchev–Trinajstić information content (AvgIpc) is 2.39. The maximum absolute atomic E-state index is 12.0. The molecule has 0 aliphatic rings. The second kappa shape index (κ2) is 5.89. The maximum atomic E-state index is 12.0. The molecule has 0 aliphatic heterocycles. The predicted octanol–water partition coefficient (Wildman–Crippen LogP) is 3.65. The van der Waals surface area contributed by atoms with Gasteiger partial charge in [0, 0.05) is 10.0 Å². The first-order valence-electron chi connectivity index (χ1n) is 5.91. The van der Waals surface area contributed by atoms with Gasteiger partial charge in [0.15, 0.2) is 0 Å². The Labute approximate surface area is 120 Å². The molecule has 19 heavy (non-hydrogen) atoms. The lowest BCUT2D eigenvalue weighted by Gasteiger charge is -2.14. The molecule has 0 heterocycles. The zero-order valence-electron chi connectivity index (χ0n) is 10.4. The lowest BCUT2D eigenvalue weighted by Crippen LogP contribution is -2.26. The van der Waals surface area contributed by atoms with Gasteiger partial charge in [-0.05, 0) is 48.9 Å². The van der Waals surface area contributed by atoms with E-state index in [9.17, 15) is 9.90 Å². The Bertz CT molecular complexity index is 581. The second-order valence-corrected chi connectivity index (χ2v) is 5.21. The number of amides is 1. The van der Waals surface area contributed by atoms with Gasteiger partial charge in [0.25, 0.3) is 5.91 Å². The zero-order chi connectivity index (χ0) is 13.8. The average molecular weight is 320 g/mol. The molecule has 0 saturated carbocycles. The molecule has 1 atom stereocenters. The van der Waals surface area contributed by atoms with E-state index in [4.69, 9.17) is 0 Å². The fraction of sp³-hybridized carbons (Fsp3) is 0.133. The summed E-state index contributed by atoms with van der Waals surface area (Å²) < 4.78 is 0.935. The molecule has 2 rings (SSSR count). The number of phenolic OH excluding ortho intramolecular Hbond substituents is 1. The van der Waals surface area contributed by atoms with Crippen LogP contribution in [0.15, 0.2) is 53.0 Å². The Morgan fingerprint density at radius 1 is 1.21 bits per heavy atom. The molecule has 2 aromatic carbocycles. The third-order valence-electron chi connectivity index (χ3n) is 2.82. The molecule has 0 spiro atoms. The molecule has 2 aromatic rings. The topological polar surface area (TPSA) is 49.3 Å². The standard InChI is InChI=1S/C15H14BrNO2/c1-10(12-3-2-4-14(18)9-12)17-15(19)11-5-7-13(16)8-6-11/h2-10,18H,1H3,(H,17,19). The van der Waals surface area contributed by atoms with Crippen molar-refractivity contribution in [2.45, 2.75) is 13.0 Å². The van der Waals surface area contributed by atoms with Gasteiger partial charge in [-0.2, -0.15) is 0 Å². The van der Waals surface area contributed by atoms with Crippen LogP contribution in [0.1, 0.15) is 28.9 Å². The van der Waals surface area contributed by atoms with Gasteiger partial charge in [-0.15, -0.1) is 0 Å². The van der Waals surface area contributed by atoms with E-state index in [1.54, 1.807) is 30.3 Å². The molecule has 0 radical (unpaired) electrons. The van der Waals surface area contributed by atoms with E-state index in [0.29, 0.717) is 5.56 Å². The van der Waals surface area contributed by atoms with Crippen LogP contribution in [0.5, 0.6) is 5.75 Å². The smallest absolute Gasteiger partial charge is 0.251 e. The van der Waals surface area contributed by atoms with Crippen molar-refractivity contribution >= 4 is 21.8 Å². The van der Waals surface area contributed by atoms with Crippen LogP contribution in [0.4, 0.5) is 0 Å². The Morgan fingerprint density at radius 3 is 2.53 bits per heavy atom.